The van der Waals surface area contributed by atoms with Gasteiger partial charge in [0.05, 0.1) is 45.2 Å². The van der Waals surface area contributed by atoms with Crippen molar-refractivity contribution in [1.29, 1.82) is 0 Å². The summed E-state index contributed by atoms with van der Waals surface area (Å²) in [4.78, 5) is 27.5. The minimum absolute atomic E-state index is 0.384. The van der Waals surface area contributed by atoms with Crippen LogP contribution in [0.2, 0.25) is 0 Å². The summed E-state index contributed by atoms with van der Waals surface area (Å²) < 4.78 is 0. The van der Waals surface area contributed by atoms with Crippen LogP contribution in [0.25, 0.3) is 0 Å². The van der Waals surface area contributed by atoms with Crippen molar-refractivity contribution in [1.82, 2.24) is 0 Å². The van der Waals surface area contributed by atoms with Crippen LogP contribution in [0, 0.1) is 30.3 Å². The van der Waals surface area contributed by atoms with Gasteiger partial charge in [-0.2, -0.15) is 0 Å². The fraction of sp³-hybridized carbons (Fsp3) is 0.200. The normalized spacial score (nSPS) is 9.96. The fourth-order valence-corrected chi connectivity index (χ4v) is 2.73. The van der Waals surface area contributed by atoms with Gasteiger partial charge < -0.3 is 5.11 Å². The number of hydrogen-bond donors (Lipinski definition) is 0. The van der Waals surface area contributed by atoms with Crippen molar-refractivity contribution in [2.75, 3.05) is 12.5 Å². The predicted molar refractivity (Wildman–Crippen MR) is 95.2 cm³/mol. The third kappa shape index (κ3) is 6.02. The topological polar surface area (TPSA) is 152 Å². The van der Waals surface area contributed by atoms with Gasteiger partial charge in [0.2, 0.25) is 0 Å². The molecule has 0 aromatic heterocycles. The first-order valence-electron chi connectivity index (χ1n) is 6.99. The van der Waals surface area contributed by atoms with Gasteiger partial charge in [0.25, 0.3) is 17.1 Å². The van der Waals surface area contributed by atoms with E-state index in [9.17, 15) is 35.4 Å². The predicted octanol–water partition coefficient (Wildman–Crippen LogP) is 2.55. The Bertz CT molecular complexity index is 777. The Labute approximate surface area is 150 Å². The molecule has 0 unspecified atom stereocenters. The van der Waals surface area contributed by atoms with Gasteiger partial charge in [0, 0.05) is 5.56 Å². The number of nitro groups is 3. The first-order chi connectivity index (χ1) is 12.1. The average Bonchev–Trinajstić information content (AvgIpc) is 2.55. The highest BCUT2D eigenvalue weighted by atomic mass is 32.2. The Kier molecular flexibility index (Phi) is 7.47. The van der Waals surface area contributed by atoms with Gasteiger partial charge in [0.1, 0.15) is 5.75 Å². The van der Waals surface area contributed by atoms with Crippen molar-refractivity contribution in [3.8, 4) is 5.75 Å². The van der Waals surface area contributed by atoms with Gasteiger partial charge in [0.15, 0.2) is 0 Å². The molecule has 2 rings (SSSR count). The second kappa shape index (κ2) is 9.32. The van der Waals surface area contributed by atoms with Crippen molar-refractivity contribution in [3.63, 3.8) is 0 Å². The third-order valence-electron chi connectivity index (χ3n) is 2.94. The third-order valence-corrected chi connectivity index (χ3v) is 3.85. The highest BCUT2D eigenvalue weighted by molar-refractivity contribution is 7.94. The molecule has 0 spiro atoms. The zero-order valence-electron chi connectivity index (χ0n) is 13.9. The Morgan fingerprint density at radius 3 is 1.65 bits per heavy atom. The van der Waals surface area contributed by atoms with E-state index in [4.69, 9.17) is 0 Å². The van der Waals surface area contributed by atoms with Gasteiger partial charge in [-0.3, -0.25) is 30.3 Å². The van der Waals surface area contributed by atoms with Gasteiger partial charge >= 0.3 is 0 Å². The van der Waals surface area contributed by atoms with Gasteiger partial charge in [-0.1, -0.05) is 30.3 Å². The maximum absolute atomic E-state index is 11.1. The molecule has 10 nitrogen and oxygen atoms in total. The monoisotopic (exact) mass is 381 g/mol. The van der Waals surface area contributed by atoms with E-state index in [1.807, 2.05) is 0 Å². The molecule has 0 amide bonds. The highest BCUT2D eigenvalue weighted by Gasteiger charge is 2.24. The van der Waals surface area contributed by atoms with Crippen molar-refractivity contribution >= 4 is 28.0 Å². The first-order valence-corrected chi connectivity index (χ1v) is 9.20. The second-order valence-corrected chi connectivity index (χ2v) is 7.46. The molecular weight excluding hydrogens is 366 g/mol. The van der Waals surface area contributed by atoms with Crippen LogP contribution in [0.15, 0.2) is 42.5 Å². The van der Waals surface area contributed by atoms with Crippen LogP contribution in [0.3, 0.4) is 0 Å². The van der Waals surface area contributed by atoms with Crippen molar-refractivity contribution in [3.05, 3.63) is 78.4 Å². The van der Waals surface area contributed by atoms with Crippen LogP contribution < -0.4 is 5.11 Å². The van der Waals surface area contributed by atoms with Crippen LogP contribution in [0.1, 0.15) is 5.56 Å². The zero-order chi connectivity index (χ0) is 19.9. The largest absolute Gasteiger partial charge is 0.863 e. The first kappa shape index (κ1) is 20.8. The minimum atomic E-state index is -1.46. The van der Waals surface area contributed by atoms with Crippen molar-refractivity contribution in [2.24, 2.45) is 0 Å². The van der Waals surface area contributed by atoms with E-state index < -0.39 is 37.6 Å². The fourth-order valence-electron chi connectivity index (χ4n) is 1.87. The Hall–Kier alpha value is -3.21. The number of nitrogens with zero attached hydrogens (tertiary/aromatic N) is 3. The van der Waals surface area contributed by atoms with E-state index in [2.05, 4.69) is 42.8 Å². The summed E-state index contributed by atoms with van der Waals surface area (Å²) in [5.74, 6) is -0.235. The summed E-state index contributed by atoms with van der Waals surface area (Å²) in [6.07, 6.45) is 4.54. The molecule has 0 saturated heterocycles. The Morgan fingerprint density at radius 1 is 0.846 bits per heavy atom. The molecule has 0 aliphatic carbocycles. The van der Waals surface area contributed by atoms with Crippen LogP contribution in [-0.2, 0) is 16.6 Å². The van der Waals surface area contributed by atoms with Crippen LogP contribution in [0.4, 0.5) is 17.1 Å². The van der Waals surface area contributed by atoms with Gasteiger partial charge in [-0.05, 0) is 10.9 Å². The number of nitro benzene ring substituents is 3. The molecule has 0 bridgehead atoms. The number of hydrogen-bond acceptors (Lipinski definition) is 7. The molecule has 2 aromatic carbocycles. The zero-order valence-corrected chi connectivity index (χ0v) is 14.7. The van der Waals surface area contributed by atoms with Crippen LogP contribution in [0.5, 0.6) is 5.75 Å². The van der Waals surface area contributed by atoms with Gasteiger partial charge in [-0.25, -0.2) is 0 Å². The van der Waals surface area contributed by atoms with Crippen LogP contribution >= 0.6 is 0 Å². The van der Waals surface area contributed by atoms with E-state index >= 15 is 0 Å². The molecule has 138 valence electrons. The molecule has 11 heteroatoms. The molecule has 26 heavy (non-hydrogen) atoms. The summed E-state index contributed by atoms with van der Waals surface area (Å²) >= 11 is 0. The molecule has 0 aliphatic rings. The van der Waals surface area contributed by atoms with E-state index in [0.29, 0.717) is 23.0 Å². The quantitative estimate of drug-likeness (QED) is 0.438. The SMILES string of the molecule is C[S+](C)Cc1ccccc1.O=[N+]([O-])c1cc([N+](=O)[O-])c([O-])c([N+](=O)[O-])c1. The maximum Gasteiger partial charge on any atom is 0.283 e. The average molecular weight is 381 g/mol. The summed E-state index contributed by atoms with van der Waals surface area (Å²) in [6, 6.07) is 11.4. The summed E-state index contributed by atoms with van der Waals surface area (Å²) in [5, 5.41) is 42.1. The van der Waals surface area contributed by atoms with Crippen molar-refractivity contribution in [2.45, 2.75) is 5.75 Å². The lowest BCUT2D eigenvalue weighted by molar-refractivity contribution is -0.420. The smallest absolute Gasteiger partial charge is 0.283 e. The molecule has 0 N–H and O–H groups in total. The lowest BCUT2D eigenvalue weighted by atomic mass is 10.2. The van der Waals surface area contributed by atoms with E-state index in [0.717, 1.165) is 0 Å². The maximum atomic E-state index is 11.1. The number of non-ortho nitro benzene ring substituents is 1. The molecule has 0 radical (unpaired) electrons. The molecule has 0 saturated carbocycles. The van der Waals surface area contributed by atoms with Crippen molar-refractivity contribution < 1.29 is 19.9 Å². The van der Waals surface area contributed by atoms with E-state index in [1.54, 1.807) is 0 Å². The molecule has 0 heterocycles. The van der Waals surface area contributed by atoms with E-state index in [1.165, 1.54) is 11.3 Å². The summed E-state index contributed by atoms with van der Waals surface area (Å²) in [6.45, 7) is 0. The Morgan fingerprint density at radius 2 is 1.31 bits per heavy atom. The second-order valence-electron chi connectivity index (χ2n) is 5.20. The molecule has 2 aromatic rings. The molecule has 0 fully saturated rings. The summed E-state index contributed by atoms with van der Waals surface area (Å²) in [5.41, 5.74) is -1.81. The van der Waals surface area contributed by atoms with E-state index in [-0.39, 0.29) is 0 Å². The lowest BCUT2D eigenvalue weighted by Crippen LogP contribution is -2.04. The standard InChI is InChI=1S/C9H13S.C6H3N3O7/c1-10(2)8-9-6-4-3-5-7-9;10-6-4(8(13)14)1-3(7(11)12)2-5(6)9(15)16/h3-7H,8H2,1-2H3;1-2,10H/q+1;/p-1. The molecular formula is C15H15N3O7S. The highest BCUT2D eigenvalue weighted by Crippen LogP contribution is 2.36. The molecule has 0 aliphatic heterocycles. The van der Waals surface area contributed by atoms with Crippen LogP contribution in [-0.4, -0.2) is 27.3 Å². The molecule has 0 atom stereocenters. The Balaban J connectivity index is 0.000000289. The minimum Gasteiger partial charge on any atom is -0.863 e. The number of benzene rings is 2. The lowest BCUT2D eigenvalue weighted by Gasteiger charge is -2.06. The number of rotatable bonds is 5. The summed E-state index contributed by atoms with van der Waals surface area (Å²) in [7, 11) is 0.533. The van der Waals surface area contributed by atoms with Gasteiger partial charge in [-0.15, -0.1) is 0 Å².